The summed E-state index contributed by atoms with van der Waals surface area (Å²) in [5.41, 5.74) is 6.39. The second-order valence-corrected chi connectivity index (χ2v) is 4.81. The number of carbonyl (C=O) groups is 1. The van der Waals surface area contributed by atoms with Gasteiger partial charge in [-0.1, -0.05) is 29.3 Å². The van der Waals surface area contributed by atoms with Crippen molar-refractivity contribution in [1.82, 2.24) is 5.43 Å². The minimum Gasteiger partial charge on any atom is -0.467 e. The highest BCUT2D eigenvalue weighted by Gasteiger charge is 2.24. The summed E-state index contributed by atoms with van der Waals surface area (Å²) in [6.45, 7) is 0. The number of hydrogen-bond donors (Lipinski definition) is 2. The van der Waals surface area contributed by atoms with Gasteiger partial charge in [0.15, 0.2) is 0 Å². The number of ether oxygens (including phenoxy) is 1. The van der Waals surface area contributed by atoms with Crippen LogP contribution in [0.2, 0.25) is 10.0 Å². The molecule has 1 aliphatic rings. The fourth-order valence-corrected chi connectivity index (χ4v) is 2.24. The lowest BCUT2D eigenvalue weighted by atomic mass is 10.2. The molecule has 0 aliphatic carbocycles. The highest BCUT2D eigenvalue weighted by Crippen LogP contribution is 2.29. The Bertz CT molecular complexity index is 502. The topological polar surface area (TPSA) is 62.7 Å². The number of amidine groups is 1. The molecule has 1 aromatic carbocycles. The number of methoxy groups -OCH3 is 1. The zero-order valence-electron chi connectivity index (χ0n) is 10.7. The van der Waals surface area contributed by atoms with Crippen molar-refractivity contribution in [3.8, 4) is 0 Å². The molecule has 20 heavy (non-hydrogen) atoms. The first-order valence-electron chi connectivity index (χ1n) is 5.72. The Morgan fingerprint density at radius 1 is 1.35 bits per heavy atom. The zero-order chi connectivity index (χ0) is 13.8. The smallest absolute Gasteiger partial charge is 0.330 e. The molecule has 0 amide bonds. The van der Waals surface area contributed by atoms with Gasteiger partial charge >= 0.3 is 5.97 Å². The van der Waals surface area contributed by atoms with Crippen LogP contribution >= 0.6 is 35.6 Å². The van der Waals surface area contributed by atoms with Crippen LogP contribution in [0.5, 0.6) is 0 Å². The maximum absolute atomic E-state index is 11.3. The van der Waals surface area contributed by atoms with Crippen molar-refractivity contribution in [1.29, 1.82) is 0 Å². The fraction of sp³-hybridized carbons (Fsp3) is 0.333. The second-order valence-electron chi connectivity index (χ2n) is 4.00. The summed E-state index contributed by atoms with van der Waals surface area (Å²) in [5.74, 6) is 0.346. The van der Waals surface area contributed by atoms with E-state index in [9.17, 15) is 4.79 Å². The van der Waals surface area contributed by atoms with Gasteiger partial charge in [0, 0.05) is 6.42 Å². The molecule has 0 fully saturated rings. The molecular weight excluding hydrogens is 325 g/mol. The van der Waals surface area contributed by atoms with Crippen LogP contribution in [0.15, 0.2) is 23.2 Å². The molecule has 2 rings (SSSR count). The zero-order valence-corrected chi connectivity index (χ0v) is 13.0. The third-order valence-electron chi connectivity index (χ3n) is 2.73. The van der Waals surface area contributed by atoms with Gasteiger partial charge in [-0.25, -0.2) is 4.79 Å². The van der Waals surface area contributed by atoms with Gasteiger partial charge in [-0.15, -0.1) is 12.4 Å². The quantitative estimate of drug-likeness (QED) is 0.657. The Labute approximate surface area is 133 Å². The van der Waals surface area contributed by atoms with Gasteiger partial charge in [0.1, 0.15) is 11.9 Å². The molecule has 8 heteroatoms. The van der Waals surface area contributed by atoms with Crippen molar-refractivity contribution < 1.29 is 9.53 Å². The van der Waals surface area contributed by atoms with Crippen molar-refractivity contribution >= 4 is 53.1 Å². The average molecular weight is 339 g/mol. The Hall–Kier alpha value is -1.17. The molecule has 0 saturated carbocycles. The maximum atomic E-state index is 11.3. The molecule has 1 aromatic rings. The van der Waals surface area contributed by atoms with E-state index in [1.165, 1.54) is 7.11 Å². The lowest BCUT2D eigenvalue weighted by Gasteiger charge is -2.12. The second kappa shape index (κ2) is 7.57. The van der Waals surface area contributed by atoms with Crippen LogP contribution < -0.4 is 10.9 Å². The van der Waals surface area contributed by atoms with Crippen LogP contribution in [0.25, 0.3) is 0 Å². The van der Waals surface area contributed by atoms with Crippen molar-refractivity contribution in [3.63, 3.8) is 0 Å². The van der Waals surface area contributed by atoms with Crippen LogP contribution in [-0.2, 0) is 9.53 Å². The lowest BCUT2D eigenvalue weighted by molar-refractivity contribution is -0.141. The van der Waals surface area contributed by atoms with Gasteiger partial charge in [0.05, 0.1) is 22.8 Å². The highest BCUT2D eigenvalue weighted by atomic mass is 35.5. The monoisotopic (exact) mass is 337 g/mol. The summed E-state index contributed by atoms with van der Waals surface area (Å²) < 4.78 is 4.65. The maximum Gasteiger partial charge on any atom is 0.330 e. The number of hydrogen-bond acceptors (Lipinski definition) is 5. The summed E-state index contributed by atoms with van der Waals surface area (Å²) in [6.07, 6.45) is 1.29. The Kier molecular flexibility index (Phi) is 6.39. The molecular formula is C12H14Cl3N3O2. The Balaban J connectivity index is 0.00000200. The van der Waals surface area contributed by atoms with Crippen molar-refractivity contribution in [3.05, 3.63) is 28.2 Å². The molecule has 2 N–H and O–H groups in total. The van der Waals surface area contributed by atoms with Crippen molar-refractivity contribution in [2.45, 2.75) is 18.9 Å². The summed E-state index contributed by atoms with van der Waals surface area (Å²) in [5, 5.41) is 1.01. The first kappa shape index (κ1) is 16.9. The molecule has 0 spiro atoms. The van der Waals surface area contributed by atoms with Gasteiger partial charge in [-0.05, 0) is 18.6 Å². The lowest BCUT2D eigenvalue weighted by Crippen LogP contribution is -2.28. The van der Waals surface area contributed by atoms with Gasteiger partial charge in [-0.2, -0.15) is 0 Å². The molecule has 0 saturated heterocycles. The minimum atomic E-state index is -0.434. The van der Waals surface area contributed by atoms with E-state index in [1.807, 2.05) is 0 Å². The number of anilines is 1. The number of nitrogens with one attached hydrogen (secondary N) is 2. The standard InChI is InChI=1S/C12H13Cl2N3O2.ClH/c1-19-12(18)9-5-6-10(15-9)16-17-11-7(13)3-2-4-8(11)14;/h2-4,9,17H,5-6H2,1H3,(H,15,16);1H. The van der Waals surface area contributed by atoms with E-state index >= 15 is 0 Å². The third kappa shape index (κ3) is 3.91. The molecule has 0 aromatic heterocycles. The Morgan fingerprint density at radius 3 is 2.60 bits per heavy atom. The van der Waals surface area contributed by atoms with Gasteiger partial charge in [0.2, 0.25) is 0 Å². The predicted molar refractivity (Wildman–Crippen MR) is 82.9 cm³/mol. The van der Waals surface area contributed by atoms with E-state index < -0.39 is 6.04 Å². The predicted octanol–water partition coefficient (Wildman–Crippen LogP) is 3.07. The number of aliphatic imine (C=N–C) groups is 1. The first-order chi connectivity index (χ1) is 9.11. The van der Waals surface area contributed by atoms with Crippen LogP contribution in [0, 0.1) is 0 Å². The summed E-state index contributed by atoms with van der Waals surface area (Å²) in [4.78, 5) is 15.5. The number of hydrazine groups is 1. The van der Waals surface area contributed by atoms with Crippen molar-refractivity contribution in [2.75, 3.05) is 12.5 Å². The van der Waals surface area contributed by atoms with E-state index in [-0.39, 0.29) is 18.4 Å². The number of rotatable bonds is 3. The number of benzene rings is 1. The van der Waals surface area contributed by atoms with E-state index in [0.29, 0.717) is 34.4 Å². The van der Waals surface area contributed by atoms with Gasteiger partial charge < -0.3 is 4.74 Å². The molecule has 1 aliphatic heterocycles. The third-order valence-corrected chi connectivity index (χ3v) is 3.36. The minimum absolute atomic E-state index is 0. The van der Waals surface area contributed by atoms with E-state index in [4.69, 9.17) is 23.2 Å². The summed E-state index contributed by atoms with van der Waals surface area (Å²) in [6, 6.07) is 4.78. The van der Waals surface area contributed by atoms with Gasteiger partial charge in [-0.3, -0.25) is 15.8 Å². The van der Waals surface area contributed by atoms with Crippen LogP contribution in [-0.4, -0.2) is 25.0 Å². The van der Waals surface area contributed by atoms with E-state index in [0.717, 1.165) is 0 Å². The molecule has 1 unspecified atom stereocenters. The van der Waals surface area contributed by atoms with Crippen molar-refractivity contribution in [2.24, 2.45) is 4.99 Å². The molecule has 1 heterocycles. The molecule has 0 radical (unpaired) electrons. The number of esters is 1. The van der Waals surface area contributed by atoms with Crippen LogP contribution in [0.1, 0.15) is 12.8 Å². The van der Waals surface area contributed by atoms with Crippen LogP contribution in [0.4, 0.5) is 5.69 Å². The van der Waals surface area contributed by atoms with E-state index in [2.05, 4.69) is 20.6 Å². The number of halogens is 3. The summed E-state index contributed by atoms with van der Waals surface area (Å²) in [7, 11) is 1.35. The summed E-state index contributed by atoms with van der Waals surface area (Å²) >= 11 is 12.0. The molecule has 1 atom stereocenters. The molecule has 110 valence electrons. The number of carbonyl (C=O) groups excluding carboxylic acids is 1. The fourth-order valence-electron chi connectivity index (χ4n) is 1.74. The highest BCUT2D eigenvalue weighted by molar-refractivity contribution is 6.39. The van der Waals surface area contributed by atoms with E-state index in [1.54, 1.807) is 18.2 Å². The Morgan fingerprint density at radius 2 is 2.00 bits per heavy atom. The molecule has 5 nitrogen and oxygen atoms in total. The largest absolute Gasteiger partial charge is 0.467 e. The normalized spacial score (nSPS) is 16.9. The molecule has 0 bridgehead atoms. The van der Waals surface area contributed by atoms with Gasteiger partial charge in [0.25, 0.3) is 0 Å². The number of para-hydroxylation sites is 1. The van der Waals surface area contributed by atoms with Crippen LogP contribution in [0.3, 0.4) is 0 Å². The number of nitrogens with zero attached hydrogens (tertiary/aromatic N) is 1. The average Bonchev–Trinajstić information content (AvgIpc) is 2.86. The SMILES string of the molecule is COC(=O)C1CCC(NNc2c(Cl)cccc2Cl)=N1.Cl. The first-order valence-corrected chi connectivity index (χ1v) is 6.48.